The topological polar surface area (TPSA) is 47.9 Å². The Labute approximate surface area is 121 Å². The molecular formula is C14H19BrO4. The third-order valence-corrected chi connectivity index (χ3v) is 4.27. The fourth-order valence-corrected chi connectivity index (χ4v) is 3.20. The molecule has 5 heteroatoms. The molecule has 1 fully saturated rings. The highest BCUT2D eigenvalue weighted by atomic mass is 79.9. The number of aliphatic hydroxyl groups is 1. The molecule has 0 spiro atoms. The Morgan fingerprint density at radius 1 is 1.32 bits per heavy atom. The highest BCUT2D eigenvalue weighted by Crippen LogP contribution is 2.49. The van der Waals surface area contributed by atoms with Crippen molar-refractivity contribution in [2.24, 2.45) is 0 Å². The SMILES string of the molecule is CCOC1CC(O)(c2ccc(OC)c(Br)c2OC)C1. The predicted molar refractivity (Wildman–Crippen MR) is 75.8 cm³/mol. The third-order valence-electron chi connectivity index (χ3n) is 3.52. The van der Waals surface area contributed by atoms with Crippen LogP contribution in [0, 0.1) is 0 Å². The quantitative estimate of drug-likeness (QED) is 0.901. The summed E-state index contributed by atoms with van der Waals surface area (Å²) >= 11 is 3.45. The molecule has 0 aromatic heterocycles. The van der Waals surface area contributed by atoms with E-state index in [1.807, 2.05) is 19.1 Å². The number of ether oxygens (including phenoxy) is 3. The standard InChI is InChI=1S/C14H19BrO4/c1-4-19-9-7-14(16,8-9)10-5-6-11(17-2)12(15)13(10)18-3/h5-6,9,16H,4,7-8H2,1-3H3. The molecule has 0 atom stereocenters. The second-order valence-corrected chi connectivity index (χ2v) is 5.47. The zero-order chi connectivity index (χ0) is 14.0. The minimum absolute atomic E-state index is 0.126. The van der Waals surface area contributed by atoms with E-state index >= 15 is 0 Å². The van der Waals surface area contributed by atoms with Crippen molar-refractivity contribution in [3.8, 4) is 11.5 Å². The molecule has 0 saturated heterocycles. The van der Waals surface area contributed by atoms with Crippen LogP contribution in [0.1, 0.15) is 25.3 Å². The molecule has 0 heterocycles. The summed E-state index contributed by atoms with van der Waals surface area (Å²) in [6.45, 7) is 2.63. The minimum Gasteiger partial charge on any atom is -0.495 e. The summed E-state index contributed by atoms with van der Waals surface area (Å²) in [6, 6.07) is 3.68. The maximum atomic E-state index is 10.7. The molecule has 0 unspecified atom stereocenters. The molecule has 1 N–H and O–H groups in total. The lowest BCUT2D eigenvalue weighted by atomic mass is 9.72. The van der Waals surface area contributed by atoms with E-state index in [-0.39, 0.29) is 6.10 Å². The van der Waals surface area contributed by atoms with Crippen LogP contribution >= 0.6 is 15.9 Å². The monoisotopic (exact) mass is 330 g/mol. The number of hydrogen-bond acceptors (Lipinski definition) is 4. The zero-order valence-electron chi connectivity index (χ0n) is 11.4. The van der Waals surface area contributed by atoms with Crippen molar-refractivity contribution < 1.29 is 19.3 Å². The molecule has 2 rings (SSSR count). The highest BCUT2D eigenvalue weighted by molar-refractivity contribution is 9.10. The summed E-state index contributed by atoms with van der Waals surface area (Å²) in [6.07, 6.45) is 1.31. The van der Waals surface area contributed by atoms with Crippen LogP contribution in [0.5, 0.6) is 11.5 Å². The molecule has 0 radical (unpaired) electrons. The Morgan fingerprint density at radius 3 is 2.53 bits per heavy atom. The smallest absolute Gasteiger partial charge is 0.142 e. The number of halogens is 1. The summed E-state index contributed by atoms with van der Waals surface area (Å²) < 4.78 is 16.9. The molecule has 4 nitrogen and oxygen atoms in total. The van der Waals surface area contributed by atoms with Gasteiger partial charge < -0.3 is 19.3 Å². The Morgan fingerprint density at radius 2 is 2.00 bits per heavy atom. The van der Waals surface area contributed by atoms with E-state index in [0.717, 1.165) is 10.0 Å². The van der Waals surface area contributed by atoms with E-state index in [0.29, 0.717) is 30.9 Å². The molecule has 0 amide bonds. The minimum atomic E-state index is -0.875. The van der Waals surface area contributed by atoms with Gasteiger partial charge in [0, 0.05) is 25.0 Å². The van der Waals surface area contributed by atoms with Crippen molar-refractivity contribution in [1.82, 2.24) is 0 Å². The lowest BCUT2D eigenvalue weighted by molar-refractivity contribution is -0.143. The Bertz CT molecular complexity index is 455. The van der Waals surface area contributed by atoms with Crippen LogP contribution in [-0.2, 0) is 10.3 Å². The van der Waals surface area contributed by atoms with Gasteiger partial charge in [0.25, 0.3) is 0 Å². The van der Waals surface area contributed by atoms with Gasteiger partial charge in [-0.3, -0.25) is 0 Å². The fraction of sp³-hybridized carbons (Fsp3) is 0.571. The van der Waals surface area contributed by atoms with E-state index < -0.39 is 5.60 Å². The van der Waals surface area contributed by atoms with Crippen molar-refractivity contribution in [3.63, 3.8) is 0 Å². The van der Waals surface area contributed by atoms with E-state index in [4.69, 9.17) is 14.2 Å². The summed E-state index contributed by atoms with van der Waals surface area (Å²) in [5, 5.41) is 10.7. The van der Waals surface area contributed by atoms with Crippen molar-refractivity contribution in [2.45, 2.75) is 31.5 Å². The molecule has 1 aliphatic rings. The van der Waals surface area contributed by atoms with Gasteiger partial charge in [0.05, 0.1) is 25.9 Å². The molecule has 1 saturated carbocycles. The second kappa shape index (κ2) is 5.69. The average Bonchev–Trinajstić information content (AvgIpc) is 2.36. The predicted octanol–water partition coefficient (Wildman–Crippen LogP) is 2.85. The van der Waals surface area contributed by atoms with E-state index in [1.54, 1.807) is 14.2 Å². The molecule has 19 heavy (non-hydrogen) atoms. The Hall–Kier alpha value is -0.780. The maximum Gasteiger partial charge on any atom is 0.142 e. The van der Waals surface area contributed by atoms with Gasteiger partial charge in [-0.05, 0) is 35.0 Å². The van der Waals surface area contributed by atoms with Crippen molar-refractivity contribution in [1.29, 1.82) is 0 Å². The first-order chi connectivity index (χ1) is 9.05. The van der Waals surface area contributed by atoms with Crippen LogP contribution in [0.15, 0.2) is 16.6 Å². The molecule has 1 aromatic carbocycles. The van der Waals surface area contributed by atoms with Gasteiger partial charge in [-0.15, -0.1) is 0 Å². The van der Waals surface area contributed by atoms with Gasteiger partial charge in [0.1, 0.15) is 16.0 Å². The van der Waals surface area contributed by atoms with Crippen molar-refractivity contribution in [3.05, 3.63) is 22.2 Å². The van der Waals surface area contributed by atoms with Crippen LogP contribution in [0.4, 0.5) is 0 Å². The average molecular weight is 331 g/mol. The van der Waals surface area contributed by atoms with Crippen LogP contribution in [0.25, 0.3) is 0 Å². The van der Waals surface area contributed by atoms with Gasteiger partial charge in [-0.25, -0.2) is 0 Å². The van der Waals surface area contributed by atoms with Gasteiger partial charge in [-0.2, -0.15) is 0 Å². The van der Waals surface area contributed by atoms with Gasteiger partial charge in [0.2, 0.25) is 0 Å². The summed E-state index contributed by atoms with van der Waals surface area (Å²) in [7, 11) is 3.19. The number of methoxy groups -OCH3 is 2. The van der Waals surface area contributed by atoms with Crippen LogP contribution < -0.4 is 9.47 Å². The summed E-state index contributed by atoms with van der Waals surface area (Å²) in [5.41, 5.74) is -0.0985. The second-order valence-electron chi connectivity index (χ2n) is 4.68. The first-order valence-corrected chi connectivity index (χ1v) is 7.10. The van der Waals surface area contributed by atoms with E-state index in [1.165, 1.54) is 0 Å². The molecule has 0 bridgehead atoms. The molecule has 0 aliphatic heterocycles. The normalized spacial score (nSPS) is 25.8. The largest absolute Gasteiger partial charge is 0.495 e. The summed E-state index contributed by atoms with van der Waals surface area (Å²) in [4.78, 5) is 0. The van der Waals surface area contributed by atoms with Gasteiger partial charge in [-0.1, -0.05) is 0 Å². The number of rotatable bonds is 5. The molecule has 1 aromatic rings. The van der Waals surface area contributed by atoms with E-state index in [9.17, 15) is 5.11 Å². The summed E-state index contributed by atoms with van der Waals surface area (Å²) in [5.74, 6) is 1.31. The number of benzene rings is 1. The fourth-order valence-electron chi connectivity index (χ4n) is 2.53. The van der Waals surface area contributed by atoms with Crippen molar-refractivity contribution >= 4 is 15.9 Å². The molecule has 106 valence electrons. The Kier molecular flexibility index (Phi) is 4.38. The van der Waals surface area contributed by atoms with Crippen LogP contribution in [0.2, 0.25) is 0 Å². The van der Waals surface area contributed by atoms with Crippen LogP contribution in [-0.4, -0.2) is 32.0 Å². The Balaban J connectivity index is 2.28. The highest BCUT2D eigenvalue weighted by Gasteiger charge is 2.46. The van der Waals surface area contributed by atoms with Gasteiger partial charge in [0.15, 0.2) is 0 Å². The van der Waals surface area contributed by atoms with Gasteiger partial charge >= 0.3 is 0 Å². The lowest BCUT2D eigenvalue weighted by Crippen LogP contribution is -2.46. The maximum absolute atomic E-state index is 10.7. The molecular weight excluding hydrogens is 312 g/mol. The van der Waals surface area contributed by atoms with Crippen molar-refractivity contribution in [2.75, 3.05) is 20.8 Å². The number of hydrogen-bond donors (Lipinski definition) is 1. The van der Waals surface area contributed by atoms with E-state index in [2.05, 4.69) is 15.9 Å². The lowest BCUT2D eigenvalue weighted by Gasteiger charge is -2.44. The first kappa shape index (κ1) is 14.6. The van der Waals surface area contributed by atoms with Crippen LogP contribution in [0.3, 0.4) is 0 Å². The molecule has 1 aliphatic carbocycles. The zero-order valence-corrected chi connectivity index (χ0v) is 13.0. The third kappa shape index (κ3) is 2.59. The first-order valence-electron chi connectivity index (χ1n) is 6.30.